The number of fused-ring (bicyclic) bond motifs is 1. The molecule has 0 spiro atoms. The lowest BCUT2D eigenvalue weighted by molar-refractivity contribution is 0.273. The Bertz CT molecular complexity index is 845. The first-order valence-corrected chi connectivity index (χ1v) is 7.58. The molecule has 2 N–H and O–H groups in total. The van der Waals surface area contributed by atoms with E-state index in [1.807, 2.05) is 53.1 Å². The van der Waals surface area contributed by atoms with E-state index in [1.165, 1.54) is 0 Å². The molecule has 23 heavy (non-hydrogen) atoms. The monoisotopic (exact) mass is 327 g/mol. The minimum Gasteiger partial charge on any atom is -0.493 e. The SMILES string of the molecule is COc1ccccc1OCc1nc2ccccc2n1CC(N)=S. The van der Waals surface area contributed by atoms with Crippen LogP contribution >= 0.6 is 12.2 Å². The second kappa shape index (κ2) is 6.66. The average Bonchev–Trinajstić information content (AvgIpc) is 2.90. The zero-order valence-corrected chi connectivity index (χ0v) is 13.5. The van der Waals surface area contributed by atoms with Crippen LogP contribution in [0.2, 0.25) is 0 Å². The van der Waals surface area contributed by atoms with Crippen LogP contribution in [-0.4, -0.2) is 21.6 Å². The Kier molecular flexibility index (Phi) is 4.43. The third kappa shape index (κ3) is 3.27. The molecule has 118 valence electrons. The van der Waals surface area contributed by atoms with E-state index in [0.717, 1.165) is 16.9 Å². The van der Waals surface area contributed by atoms with Crippen molar-refractivity contribution < 1.29 is 9.47 Å². The molecule has 0 atom stereocenters. The summed E-state index contributed by atoms with van der Waals surface area (Å²) in [6.45, 7) is 0.734. The van der Waals surface area contributed by atoms with Crippen molar-refractivity contribution >= 4 is 28.2 Å². The number of nitrogens with two attached hydrogens (primary N) is 1. The summed E-state index contributed by atoms with van der Waals surface area (Å²) in [5, 5.41) is 0. The number of imidazole rings is 1. The van der Waals surface area contributed by atoms with Crippen LogP contribution in [0.3, 0.4) is 0 Å². The number of rotatable bonds is 6. The zero-order chi connectivity index (χ0) is 16.2. The van der Waals surface area contributed by atoms with Crippen LogP contribution in [0, 0.1) is 0 Å². The van der Waals surface area contributed by atoms with Crippen LogP contribution in [0.25, 0.3) is 11.0 Å². The quantitative estimate of drug-likeness (QED) is 0.705. The smallest absolute Gasteiger partial charge is 0.161 e. The van der Waals surface area contributed by atoms with Gasteiger partial charge in [-0.25, -0.2) is 4.98 Å². The van der Waals surface area contributed by atoms with Gasteiger partial charge in [-0.05, 0) is 24.3 Å². The summed E-state index contributed by atoms with van der Waals surface area (Å²) in [7, 11) is 1.62. The van der Waals surface area contributed by atoms with Gasteiger partial charge in [0.05, 0.1) is 29.7 Å². The maximum absolute atomic E-state index is 5.87. The van der Waals surface area contributed by atoms with E-state index in [4.69, 9.17) is 27.4 Å². The van der Waals surface area contributed by atoms with Crippen molar-refractivity contribution in [2.45, 2.75) is 13.2 Å². The minimum absolute atomic E-state index is 0.303. The van der Waals surface area contributed by atoms with Crippen molar-refractivity contribution in [3.8, 4) is 11.5 Å². The van der Waals surface area contributed by atoms with Crippen LogP contribution in [0.5, 0.6) is 11.5 Å². The molecule has 0 unspecified atom stereocenters. The summed E-state index contributed by atoms with van der Waals surface area (Å²) in [4.78, 5) is 5.03. The predicted molar refractivity (Wildman–Crippen MR) is 93.8 cm³/mol. The first-order valence-electron chi connectivity index (χ1n) is 7.17. The highest BCUT2D eigenvalue weighted by atomic mass is 32.1. The van der Waals surface area contributed by atoms with E-state index in [-0.39, 0.29) is 0 Å². The van der Waals surface area contributed by atoms with Crippen LogP contribution < -0.4 is 15.2 Å². The van der Waals surface area contributed by atoms with Gasteiger partial charge in [-0.1, -0.05) is 36.5 Å². The second-order valence-corrected chi connectivity index (χ2v) is 5.53. The average molecular weight is 327 g/mol. The molecular weight excluding hydrogens is 310 g/mol. The van der Waals surface area contributed by atoms with Gasteiger partial charge < -0.3 is 19.8 Å². The topological polar surface area (TPSA) is 62.3 Å². The van der Waals surface area contributed by atoms with Crippen LogP contribution in [0.4, 0.5) is 0 Å². The van der Waals surface area contributed by atoms with Gasteiger partial charge in [0, 0.05) is 0 Å². The number of methoxy groups -OCH3 is 1. The van der Waals surface area contributed by atoms with Gasteiger partial charge in [-0.2, -0.15) is 0 Å². The molecule has 0 radical (unpaired) electrons. The molecule has 0 saturated carbocycles. The van der Waals surface area contributed by atoms with E-state index in [1.54, 1.807) is 7.11 Å². The Morgan fingerprint density at radius 1 is 1.13 bits per heavy atom. The van der Waals surface area contributed by atoms with Crippen molar-refractivity contribution in [3.05, 3.63) is 54.4 Å². The summed E-state index contributed by atoms with van der Waals surface area (Å²) >= 11 is 5.05. The fourth-order valence-electron chi connectivity index (χ4n) is 2.45. The molecule has 0 bridgehead atoms. The van der Waals surface area contributed by atoms with Crippen LogP contribution in [0.1, 0.15) is 5.82 Å². The number of thiocarbonyl (C=S) groups is 1. The van der Waals surface area contributed by atoms with Crippen molar-refractivity contribution in [1.29, 1.82) is 0 Å². The number of hydrogen-bond donors (Lipinski definition) is 1. The molecule has 0 aliphatic heterocycles. The zero-order valence-electron chi connectivity index (χ0n) is 12.7. The highest BCUT2D eigenvalue weighted by molar-refractivity contribution is 7.80. The number of benzene rings is 2. The number of aromatic nitrogens is 2. The minimum atomic E-state index is 0.303. The molecule has 0 aliphatic carbocycles. The van der Waals surface area contributed by atoms with Crippen molar-refractivity contribution in [2.24, 2.45) is 5.73 Å². The molecule has 2 aromatic carbocycles. The highest BCUT2D eigenvalue weighted by Gasteiger charge is 2.12. The van der Waals surface area contributed by atoms with Crippen LogP contribution in [0.15, 0.2) is 48.5 Å². The Morgan fingerprint density at radius 3 is 2.57 bits per heavy atom. The predicted octanol–water partition coefficient (Wildman–Crippen LogP) is 2.91. The summed E-state index contributed by atoms with van der Waals surface area (Å²) in [5.74, 6) is 2.12. The third-order valence-electron chi connectivity index (χ3n) is 3.47. The molecule has 0 saturated heterocycles. The molecule has 3 aromatic rings. The largest absolute Gasteiger partial charge is 0.493 e. The summed E-state index contributed by atoms with van der Waals surface area (Å²) in [6, 6.07) is 15.4. The van der Waals surface area contributed by atoms with Crippen molar-refractivity contribution in [3.63, 3.8) is 0 Å². The molecule has 5 nitrogen and oxygen atoms in total. The van der Waals surface area contributed by atoms with E-state index in [9.17, 15) is 0 Å². The summed E-state index contributed by atoms with van der Waals surface area (Å²) in [6.07, 6.45) is 0. The maximum atomic E-state index is 5.87. The van der Waals surface area contributed by atoms with E-state index >= 15 is 0 Å². The van der Waals surface area contributed by atoms with Gasteiger partial charge in [0.25, 0.3) is 0 Å². The van der Waals surface area contributed by atoms with E-state index < -0.39 is 0 Å². The lowest BCUT2D eigenvalue weighted by Crippen LogP contribution is -2.19. The Labute approximate surface area is 139 Å². The molecule has 3 rings (SSSR count). The first kappa shape index (κ1) is 15.3. The van der Waals surface area contributed by atoms with Crippen LogP contribution in [-0.2, 0) is 13.2 Å². The lowest BCUT2D eigenvalue weighted by atomic mass is 10.3. The van der Waals surface area contributed by atoms with Crippen molar-refractivity contribution in [1.82, 2.24) is 9.55 Å². The number of nitrogens with zero attached hydrogens (tertiary/aromatic N) is 2. The first-order chi connectivity index (χ1) is 11.2. The van der Waals surface area contributed by atoms with Gasteiger partial charge in [-0.3, -0.25) is 0 Å². The molecule has 0 amide bonds. The third-order valence-corrected chi connectivity index (χ3v) is 3.60. The second-order valence-electron chi connectivity index (χ2n) is 5.01. The summed E-state index contributed by atoms with van der Waals surface area (Å²) in [5.41, 5.74) is 7.59. The molecule has 1 heterocycles. The molecule has 6 heteroatoms. The highest BCUT2D eigenvalue weighted by Crippen LogP contribution is 2.27. The van der Waals surface area contributed by atoms with Crippen molar-refractivity contribution in [2.75, 3.05) is 7.11 Å². The Balaban J connectivity index is 1.91. The summed E-state index contributed by atoms with van der Waals surface area (Å²) < 4.78 is 13.1. The fraction of sp³-hybridized carbons (Fsp3) is 0.176. The van der Waals surface area contributed by atoms with Gasteiger partial charge >= 0.3 is 0 Å². The Hall–Kier alpha value is -2.60. The van der Waals surface area contributed by atoms with E-state index in [0.29, 0.717) is 29.6 Å². The number of para-hydroxylation sites is 4. The van der Waals surface area contributed by atoms with Gasteiger partial charge in [0.1, 0.15) is 12.4 Å². The normalized spacial score (nSPS) is 10.7. The standard InChI is InChI=1S/C17H17N3O2S/c1-21-14-8-4-5-9-15(14)22-11-17-19-12-6-2-3-7-13(12)20(17)10-16(18)23/h2-9H,10-11H2,1H3,(H2,18,23). The Morgan fingerprint density at radius 2 is 1.83 bits per heavy atom. The van der Waals surface area contributed by atoms with E-state index in [2.05, 4.69) is 4.98 Å². The fourth-order valence-corrected chi connectivity index (χ4v) is 2.58. The maximum Gasteiger partial charge on any atom is 0.161 e. The molecule has 0 fully saturated rings. The molecular formula is C17H17N3O2S. The van der Waals surface area contributed by atoms with Gasteiger partial charge in [0.2, 0.25) is 0 Å². The number of hydrogen-bond acceptors (Lipinski definition) is 4. The lowest BCUT2D eigenvalue weighted by Gasteiger charge is -2.11. The van der Waals surface area contributed by atoms with Gasteiger partial charge in [-0.15, -0.1) is 0 Å². The van der Waals surface area contributed by atoms with Gasteiger partial charge in [0.15, 0.2) is 11.5 Å². The molecule has 1 aromatic heterocycles. The number of ether oxygens (including phenoxy) is 2. The molecule has 0 aliphatic rings.